The minimum Gasteiger partial charge on any atom is -0.506 e. The van der Waals surface area contributed by atoms with Gasteiger partial charge in [-0.15, -0.1) is 0 Å². The van der Waals surface area contributed by atoms with Crippen molar-refractivity contribution in [3.63, 3.8) is 0 Å². The Bertz CT molecular complexity index is 1280. The van der Waals surface area contributed by atoms with Crippen molar-refractivity contribution >= 4 is 10.9 Å². The molecule has 0 radical (unpaired) electrons. The summed E-state index contributed by atoms with van der Waals surface area (Å²) in [5.74, 6) is 1.99. The summed E-state index contributed by atoms with van der Waals surface area (Å²) in [6.45, 7) is 2.33. The molecular weight excluding hydrogens is 404 g/mol. The van der Waals surface area contributed by atoms with Crippen LogP contribution in [0.3, 0.4) is 0 Å². The first-order chi connectivity index (χ1) is 15.6. The van der Waals surface area contributed by atoms with Crippen LogP contribution in [-0.2, 0) is 13.2 Å². The van der Waals surface area contributed by atoms with Crippen LogP contribution in [0.2, 0.25) is 0 Å². The maximum absolute atomic E-state index is 10.3. The lowest BCUT2D eigenvalue weighted by Crippen LogP contribution is -2.03. The zero-order valence-electron chi connectivity index (χ0n) is 17.6. The molecule has 0 bridgehead atoms. The molecule has 0 spiro atoms. The van der Waals surface area contributed by atoms with Crippen molar-refractivity contribution in [2.75, 3.05) is 6.61 Å². The van der Waals surface area contributed by atoms with E-state index >= 15 is 0 Å². The average molecular weight is 426 g/mol. The summed E-state index contributed by atoms with van der Waals surface area (Å²) in [5.41, 5.74) is 3.07. The molecule has 0 atom stereocenters. The summed E-state index contributed by atoms with van der Waals surface area (Å²) in [6.07, 6.45) is 0. The van der Waals surface area contributed by atoms with Crippen molar-refractivity contribution in [2.45, 2.75) is 20.1 Å². The number of aryl methyl sites for hydroxylation is 1. The predicted octanol–water partition coefficient (Wildman–Crippen LogP) is 5.31. The highest BCUT2D eigenvalue weighted by molar-refractivity contribution is 5.80. The highest BCUT2D eigenvalue weighted by Crippen LogP contribution is 2.27. The molecular formula is C26H22N2O4. The molecule has 1 heterocycles. The fourth-order valence-electron chi connectivity index (χ4n) is 3.36. The molecule has 0 fully saturated rings. The number of pyridine rings is 1. The Balaban J connectivity index is 1.43. The van der Waals surface area contributed by atoms with E-state index in [1.165, 1.54) is 0 Å². The third-order valence-electron chi connectivity index (χ3n) is 4.93. The van der Waals surface area contributed by atoms with Crippen LogP contribution in [0.15, 0.2) is 72.8 Å². The maximum Gasteiger partial charge on any atom is 0.174 e. The Kier molecular flexibility index (Phi) is 6.38. The fraction of sp³-hybridized carbons (Fsp3) is 0.154. The van der Waals surface area contributed by atoms with Gasteiger partial charge >= 0.3 is 0 Å². The van der Waals surface area contributed by atoms with Gasteiger partial charge in [0.1, 0.15) is 48.0 Å². The van der Waals surface area contributed by atoms with E-state index < -0.39 is 0 Å². The molecule has 0 aliphatic carbocycles. The first kappa shape index (κ1) is 21.0. The number of rotatable bonds is 8. The van der Waals surface area contributed by atoms with Crippen LogP contribution in [0, 0.1) is 18.3 Å². The molecule has 3 aromatic carbocycles. The van der Waals surface area contributed by atoms with Gasteiger partial charge in [0.05, 0.1) is 5.52 Å². The van der Waals surface area contributed by atoms with E-state index in [0.29, 0.717) is 29.5 Å². The lowest BCUT2D eigenvalue weighted by Gasteiger charge is -2.14. The number of nitrogens with zero attached hydrogens (tertiary/aromatic N) is 2. The fourth-order valence-corrected chi connectivity index (χ4v) is 3.36. The van der Waals surface area contributed by atoms with E-state index in [-0.39, 0.29) is 19.0 Å². The van der Waals surface area contributed by atoms with Crippen LogP contribution in [0.1, 0.15) is 16.8 Å². The number of nitriles is 1. The molecule has 4 aromatic rings. The van der Waals surface area contributed by atoms with Gasteiger partial charge < -0.3 is 19.3 Å². The Morgan fingerprint density at radius 3 is 2.44 bits per heavy atom. The molecule has 32 heavy (non-hydrogen) atoms. The Hall–Kier alpha value is -4.24. The normalized spacial score (nSPS) is 10.5. The molecule has 160 valence electrons. The van der Waals surface area contributed by atoms with Crippen LogP contribution in [-0.4, -0.2) is 16.7 Å². The van der Waals surface area contributed by atoms with Gasteiger partial charge in [-0.1, -0.05) is 42.5 Å². The second-order valence-electron chi connectivity index (χ2n) is 7.21. The zero-order chi connectivity index (χ0) is 22.3. The number of fused-ring (bicyclic) bond motifs is 1. The van der Waals surface area contributed by atoms with E-state index in [9.17, 15) is 5.11 Å². The molecule has 1 aromatic heterocycles. The van der Waals surface area contributed by atoms with Gasteiger partial charge in [0, 0.05) is 17.0 Å². The number of benzene rings is 3. The second-order valence-corrected chi connectivity index (χ2v) is 7.21. The topological polar surface area (TPSA) is 84.6 Å². The minimum absolute atomic E-state index is 0.0170. The van der Waals surface area contributed by atoms with E-state index in [2.05, 4.69) is 4.98 Å². The minimum atomic E-state index is -0.0170. The van der Waals surface area contributed by atoms with Crippen LogP contribution < -0.4 is 14.2 Å². The molecule has 0 unspecified atom stereocenters. The summed E-state index contributed by atoms with van der Waals surface area (Å²) in [5, 5.41) is 19.9. The molecule has 6 nitrogen and oxygen atoms in total. The molecule has 0 saturated carbocycles. The molecule has 0 amide bonds. The lowest BCUT2D eigenvalue weighted by atomic mass is 10.1. The van der Waals surface area contributed by atoms with Gasteiger partial charge in [-0.3, -0.25) is 0 Å². The van der Waals surface area contributed by atoms with Crippen molar-refractivity contribution in [3.05, 3.63) is 89.6 Å². The summed E-state index contributed by atoms with van der Waals surface area (Å²) < 4.78 is 17.3. The first-order valence-corrected chi connectivity index (χ1v) is 10.2. The smallest absolute Gasteiger partial charge is 0.174 e. The van der Waals surface area contributed by atoms with Crippen LogP contribution in [0.5, 0.6) is 23.0 Å². The molecule has 4 rings (SSSR count). The predicted molar refractivity (Wildman–Crippen MR) is 121 cm³/mol. The van der Waals surface area contributed by atoms with Crippen molar-refractivity contribution in [2.24, 2.45) is 0 Å². The number of ether oxygens (including phenoxy) is 3. The third kappa shape index (κ3) is 4.90. The van der Waals surface area contributed by atoms with Gasteiger partial charge in [-0.05, 0) is 36.8 Å². The zero-order valence-corrected chi connectivity index (χ0v) is 17.6. The number of aromatic nitrogens is 1. The summed E-state index contributed by atoms with van der Waals surface area (Å²) >= 11 is 0. The van der Waals surface area contributed by atoms with Gasteiger partial charge in [0.15, 0.2) is 6.61 Å². The van der Waals surface area contributed by atoms with E-state index in [1.807, 2.05) is 73.7 Å². The SMILES string of the molecule is Cc1cccc(COc2cccc(OCc3nc4ccccc4cc3O)c2)c1OCC#N. The number of aromatic hydroxyl groups is 1. The van der Waals surface area contributed by atoms with Crippen molar-refractivity contribution in [3.8, 4) is 29.1 Å². The van der Waals surface area contributed by atoms with Gasteiger partial charge in [-0.25, -0.2) is 4.98 Å². The Labute approximate surface area is 186 Å². The number of para-hydroxylation sites is 2. The van der Waals surface area contributed by atoms with Crippen LogP contribution in [0.4, 0.5) is 0 Å². The second kappa shape index (κ2) is 9.71. The van der Waals surface area contributed by atoms with Crippen molar-refractivity contribution < 1.29 is 19.3 Å². The first-order valence-electron chi connectivity index (χ1n) is 10.2. The van der Waals surface area contributed by atoms with Gasteiger partial charge in [0.2, 0.25) is 0 Å². The number of hydrogen-bond acceptors (Lipinski definition) is 6. The maximum atomic E-state index is 10.3. The molecule has 0 saturated heterocycles. The lowest BCUT2D eigenvalue weighted by molar-refractivity contribution is 0.278. The highest BCUT2D eigenvalue weighted by Gasteiger charge is 2.10. The molecule has 1 N–H and O–H groups in total. The Morgan fingerprint density at radius 1 is 0.875 bits per heavy atom. The van der Waals surface area contributed by atoms with E-state index in [0.717, 1.165) is 22.0 Å². The summed E-state index contributed by atoms with van der Waals surface area (Å²) in [6, 6.07) is 24.3. The van der Waals surface area contributed by atoms with Crippen LogP contribution in [0.25, 0.3) is 10.9 Å². The van der Waals surface area contributed by atoms with Crippen molar-refractivity contribution in [1.29, 1.82) is 5.26 Å². The highest BCUT2D eigenvalue weighted by atomic mass is 16.5. The summed E-state index contributed by atoms with van der Waals surface area (Å²) in [7, 11) is 0. The number of hydrogen-bond donors (Lipinski definition) is 1. The van der Waals surface area contributed by atoms with Gasteiger partial charge in [0.25, 0.3) is 0 Å². The average Bonchev–Trinajstić information content (AvgIpc) is 2.81. The molecule has 0 aliphatic heterocycles. The third-order valence-corrected chi connectivity index (χ3v) is 4.93. The molecule has 0 aliphatic rings. The monoisotopic (exact) mass is 426 g/mol. The standard InChI is InChI=1S/C26H22N2O4/c1-18-6-4-8-20(26(18)30-13-12-27)16-31-21-9-5-10-22(15-21)32-17-24-25(29)14-19-7-2-3-11-23(19)28-24/h2-11,14-15,29H,13,16-17H2,1H3. The quantitative estimate of drug-likeness (QED) is 0.411. The summed E-state index contributed by atoms with van der Waals surface area (Å²) in [4.78, 5) is 4.49. The van der Waals surface area contributed by atoms with E-state index in [1.54, 1.807) is 12.1 Å². The van der Waals surface area contributed by atoms with Gasteiger partial charge in [-0.2, -0.15) is 5.26 Å². The molecule has 6 heteroatoms. The van der Waals surface area contributed by atoms with Crippen LogP contribution >= 0.6 is 0 Å². The largest absolute Gasteiger partial charge is 0.506 e. The Morgan fingerprint density at radius 2 is 1.62 bits per heavy atom. The van der Waals surface area contributed by atoms with Crippen molar-refractivity contribution in [1.82, 2.24) is 4.98 Å². The van der Waals surface area contributed by atoms with E-state index in [4.69, 9.17) is 19.5 Å².